The molecule has 174 valence electrons. The van der Waals surface area contributed by atoms with Gasteiger partial charge in [-0.05, 0) is 56.2 Å². The molecule has 0 aliphatic carbocycles. The fraction of sp³-hybridized carbons (Fsp3) is 0.400. The number of hydrogen-bond acceptors (Lipinski definition) is 7. The van der Waals surface area contributed by atoms with E-state index in [1.54, 1.807) is 24.3 Å². The predicted octanol–water partition coefficient (Wildman–Crippen LogP) is 2.54. The van der Waals surface area contributed by atoms with Crippen molar-refractivity contribution >= 4 is 29.2 Å². The van der Waals surface area contributed by atoms with Crippen molar-refractivity contribution in [3.63, 3.8) is 0 Å². The SMILES string of the molecule is CCOC(=O)C1CCN(c2ccc(NC[C@H](O)CN3C(=O)c4ccccc4C3=O)cc2)CC1. The first-order valence-corrected chi connectivity index (χ1v) is 11.4. The van der Waals surface area contributed by atoms with Gasteiger partial charge in [0.05, 0.1) is 36.3 Å². The number of rotatable bonds is 8. The molecule has 0 spiro atoms. The molecule has 8 nitrogen and oxygen atoms in total. The number of carbonyl (C=O) groups is 3. The second-order valence-electron chi connectivity index (χ2n) is 8.36. The summed E-state index contributed by atoms with van der Waals surface area (Å²) in [6.07, 6.45) is 0.667. The van der Waals surface area contributed by atoms with Crippen LogP contribution in [-0.2, 0) is 9.53 Å². The molecule has 0 bridgehead atoms. The molecular formula is C25H29N3O5. The van der Waals surface area contributed by atoms with Crippen LogP contribution in [0.3, 0.4) is 0 Å². The molecule has 8 heteroatoms. The number of benzene rings is 2. The Morgan fingerprint density at radius 2 is 1.67 bits per heavy atom. The topological polar surface area (TPSA) is 99.2 Å². The van der Waals surface area contributed by atoms with Gasteiger partial charge in [0.2, 0.25) is 0 Å². The molecule has 2 aliphatic heterocycles. The van der Waals surface area contributed by atoms with E-state index in [2.05, 4.69) is 10.2 Å². The fourth-order valence-electron chi connectivity index (χ4n) is 4.34. The van der Waals surface area contributed by atoms with Crippen LogP contribution in [0.5, 0.6) is 0 Å². The van der Waals surface area contributed by atoms with Crippen LogP contribution >= 0.6 is 0 Å². The highest BCUT2D eigenvalue weighted by Gasteiger charge is 2.36. The van der Waals surface area contributed by atoms with Crippen LogP contribution in [0.2, 0.25) is 0 Å². The molecule has 0 aromatic heterocycles. The standard InChI is InChI=1S/C25H29N3O5/c1-2-33-25(32)17-11-13-27(14-12-17)19-9-7-18(8-10-19)26-15-20(29)16-28-23(30)21-5-3-4-6-22(21)24(28)31/h3-10,17,20,26,29H,2,11-16H2,1H3/t20-/m0/s1. The number of anilines is 2. The Morgan fingerprint density at radius 1 is 1.06 bits per heavy atom. The molecule has 2 N–H and O–H groups in total. The molecule has 2 aromatic carbocycles. The summed E-state index contributed by atoms with van der Waals surface area (Å²) in [5.41, 5.74) is 2.67. The highest BCUT2D eigenvalue weighted by Crippen LogP contribution is 2.26. The lowest BCUT2D eigenvalue weighted by Crippen LogP contribution is -2.39. The van der Waals surface area contributed by atoms with Crippen molar-refractivity contribution < 1.29 is 24.2 Å². The van der Waals surface area contributed by atoms with Crippen molar-refractivity contribution in [1.82, 2.24) is 4.90 Å². The predicted molar refractivity (Wildman–Crippen MR) is 124 cm³/mol. The van der Waals surface area contributed by atoms with Crippen molar-refractivity contribution in [2.24, 2.45) is 5.92 Å². The molecule has 4 rings (SSSR count). The number of hydrogen-bond donors (Lipinski definition) is 2. The summed E-state index contributed by atoms with van der Waals surface area (Å²) in [5, 5.41) is 13.6. The lowest BCUT2D eigenvalue weighted by Gasteiger charge is -2.32. The van der Waals surface area contributed by atoms with Crippen LogP contribution in [0.1, 0.15) is 40.5 Å². The Kier molecular flexibility index (Phi) is 6.93. The van der Waals surface area contributed by atoms with Crippen LogP contribution in [0.25, 0.3) is 0 Å². The van der Waals surface area contributed by atoms with E-state index < -0.39 is 6.10 Å². The normalized spacial score (nSPS) is 17.2. The van der Waals surface area contributed by atoms with Crippen molar-refractivity contribution in [2.45, 2.75) is 25.9 Å². The van der Waals surface area contributed by atoms with E-state index in [9.17, 15) is 19.5 Å². The fourth-order valence-corrected chi connectivity index (χ4v) is 4.34. The first-order chi connectivity index (χ1) is 16.0. The Bertz CT molecular complexity index is 980. The lowest BCUT2D eigenvalue weighted by molar-refractivity contribution is -0.148. The summed E-state index contributed by atoms with van der Waals surface area (Å²) in [5.74, 6) is -0.862. The van der Waals surface area contributed by atoms with Crippen LogP contribution in [-0.4, -0.2) is 66.7 Å². The van der Waals surface area contributed by atoms with Gasteiger partial charge in [-0.2, -0.15) is 0 Å². The van der Waals surface area contributed by atoms with Crippen LogP contribution in [0.4, 0.5) is 11.4 Å². The lowest BCUT2D eigenvalue weighted by atomic mass is 9.96. The largest absolute Gasteiger partial charge is 0.466 e. The minimum absolute atomic E-state index is 0.0224. The average Bonchev–Trinajstić information content (AvgIpc) is 3.08. The van der Waals surface area contributed by atoms with Crippen molar-refractivity contribution in [1.29, 1.82) is 0 Å². The number of esters is 1. The third kappa shape index (κ3) is 5.01. The zero-order valence-electron chi connectivity index (χ0n) is 18.7. The number of nitrogens with one attached hydrogen (secondary N) is 1. The molecule has 0 radical (unpaired) electrons. The van der Waals surface area contributed by atoms with Crippen molar-refractivity contribution in [3.05, 3.63) is 59.7 Å². The number of ether oxygens (including phenoxy) is 1. The average molecular weight is 452 g/mol. The molecular weight excluding hydrogens is 422 g/mol. The molecule has 1 saturated heterocycles. The first kappa shape index (κ1) is 22.8. The molecule has 0 saturated carbocycles. The highest BCUT2D eigenvalue weighted by molar-refractivity contribution is 6.21. The first-order valence-electron chi connectivity index (χ1n) is 11.4. The smallest absolute Gasteiger partial charge is 0.309 e. The van der Waals surface area contributed by atoms with E-state index in [1.165, 1.54) is 0 Å². The minimum Gasteiger partial charge on any atom is -0.466 e. The van der Waals surface area contributed by atoms with E-state index >= 15 is 0 Å². The molecule has 2 aromatic rings. The monoisotopic (exact) mass is 451 g/mol. The molecule has 33 heavy (non-hydrogen) atoms. The number of carbonyl (C=O) groups excluding carboxylic acids is 3. The zero-order valence-corrected chi connectivity index (χ0v) is 18.7. The van der Waals surface area contributed by atoms with E-state index in [0.717, 1.165) is 42.2 Å². The second kappa shape index (κ2) is 10.0. The molecule has 2 amide bonds. The maximum atomic E-state index is 12.4. The summed E-state index contributed by atoms with van der Waals surface area (Å²) in [7, 11) is 0. The van der Waals surface area contributed by atoms with E-state index in [4.69, 9.17) is 4.74 Å². The number of imide groups is 1. The minimum atomic E-state index is -0.895. The molecule has 0 unspecified atom stereocenters. The van der Waals surface area contributed by atoms with Gasteiger partial charge in [0.25, 0.3) is 11.8 Å². The van der Waals surface area contributed by atoms with Crippen LogP contribution in [0.15, 0.2) is 48.5 Å². The highest BCUT2D eigenvalue weighted by atomic mass is 16.5. The van der Waals surface area contributed by atoms with Gasteiger partial charge in [-0.25, -0.2) is 0 Å². The molecule has 1 fully saturated rings. The van der Waals surface area contributed by atoms with Crippen LogP contribution in [0, 0.1) is 5.92 Å². The number of piperidine rings is 1. The second-order valence-corrected chi connectivity index (χ2v) is 8.36. The van der Waals surface area contributed by atoms with E-state index in [1.807, 2.05) is 31.2 Å². The summed E-state index contributed by atoms with van der Waals surface area (Å²) < 4.78 is 5.13. The van der Waals surface area contributed by atoms with Crippen LogP contribution < -0.4 is 10.2 Å². The van der Waals surface area contributed by atoms with Gasteiger partial charge in [-0.15, -0.1) is 0 Å². The van der Waals surface area contributed by atoms with Gasteiger partial charge < -0.3 is 20.1 Å². The van der Waals surface area contributed by atoms with Gasteiger partial charge in [-0.3, -0.25) is 19.3 Å². The van der Waals surface area contributed by atoms with Gasteiger partial charge in [0.15, 0.2) is 0 Å². The number of amides is 2. The Morgan fingerprint density at radius 3 is 2.24 bits per heavy atom. The number of aliphatic hydroxyl groups is 1. The van der Waals surface area contributed by atoms with Gasteiger partial charge in [-0.1, -0.05) is 12.1 Å². The number of aliphatic hydroxyl groups excluding tert-OH is 1. The number of nitrogens with zero attached hydrogens (tertiary/aromatic N) is 2. The summed E-state index contributed by atoms with van der Waals surface area (Å²) in [6, 6.07) is 14.6. The van der Waals surface area contributed by atoms with Gasteiger partial charge in [0, 0.05) is 31.0 Å². The van der Waals surface area contributed by atoms with Crippen molar-refractivity contribution in [3.8, 4) is 0 Å². The Labute approximate surface area is 193 Å². The third-order valence-corrected chi connectivity index (χ3v) is 6.16. The summed E-state index contributed by atoms with van der Waals surface area (Å²) >= 11 is 0. The van der Waals surface area contributed by atoms with Gasteiger partial charge >= 0.3 is 5.97 Å². The Balaban J connectivity index is 1.25. The Hall–Kier alpha value is -3.39. The zero-order chi connectivity index (χ0) is 23.4. The van der Waals surface area contributed by atoms with Crippen molar-refractivity contribution in [2.75, 3.05) is 43.0 Å². The molecule has 1 atom stereocenters. The quantitative estimate of drug-likeness (QED) is 0.470. The number of fused-ring (bicyclic) bond motifs is 1. The number of β-amino-alcohol motifs (C(OH)–C–C–N with tert-alkyl or cyclic N) is 1. The van der Waals surface area contributed by atoms with E-state index in [0.29, 0.717) is 17.7 Å². The molecule has 2 aliphatic rings. The summed E-state index contributed by atoms with van der Waals surface area (Å²) in [4.78, 5) is 40.1. The maximum Gasteiger partial charge on any atom is 0.309 e. The summed E-state index contributed by atoms with van der Waals surface area (Å²) in [6.45, 7) is 3.99. The van der Waals surface area contributed by atoms with E-state index in [-0.39, 0.29) is 36.8 Å². The third-order valence-electron chi connectivity index (χ3n) is 6.16. The van der Waals surface area contributed by atoms with Gasteiger partial charge in [0.1, 0.15) is 0 Å². The molecule has 2 heterocycles. The maximum absolute atomic E-state index is 12.4.